The van der Waals surface area contributed by atoms with Crippen LogP contribution in [0.2, 0.25) is 10.0 Å². The van der Waals surface area contributed by atoms with E-state index in [4.69, 9.17) is 23.2 Å². The molecular weight excluding hydrogens is 258 g/mol. The van der Waals surface area contributed by atoms with Gasteiger partial charge in [-0.3, -0.25) is 0 Å². The molecule has 0 heterocycles. The third-order valence-corrected chi connectivity index (χ3v) is 5.08. The van der Waals surface area contributed by atoms with Gasteiger partial charge in [-0.15, -0.1) is 0 Å². The van der Waals surface area contributed by atoms with Gasteiger partial charge in [-0.05, 0) is 49.5 Å². The molecule has 0 saturated heterocycles. The van der Waals surface area contributed by atoms with Crippen molar-refractivity contribution in [3.8, 4) is 0 Å². The van der Waals surface area contributed by atoms with Crippen molar-refractivity contribution in [3.63, 3.8) is 0 Å². The van der Waals surface area contributed by atoms with E-state index in [1.54, 1.807) is 0 Å². The molecule has 0 N–H and O–H groups in total. The van der Waals surface area contributed by atoms with Gasteiger partial charge in [-0.2, -0.15) is 0 Å². The standard InChI is InChI=1S/C13H11Cl2P/c1-16(12-6-2-10(14)3-7-12)13-8-4-11(15)5-9-13/h2-9H,1H3. The van der Waals surface area contributed by atoms with Gasteiger partial charge in [0.15, 0.2) is 0 Å². The zero-order valence-corrected chi connectivity index (χ0v) is 11.2. The second kappa shape index (κ2) is 5.19. The zero-order valence-electron chi connectivity index (χ0n) is 8.82. The second-order valence-electron chi connectivity index (χ2n) is 3.51. The van der Waals surface area contributed by atoms with Gasteiger partial charge in [-0.1, -0.05) is 47.5 Å². The first-order valence-electron chi connectivity index (χ1n) is 4.92. The normalized spacial score (nSPS) is 10.8. The molecule has 16 heavy (non-hydrogen) atoms. The highest BCUT2D eigenvalue weighted by molar-refractivity contribution is 7.72. The van der Waals surface area contributed by atoms with E-state index >= 15 is 0 Å². The van der Waals surface area contributed by atoms with Crippen molar-refractivity contribution in [2.24, 2.45) is 0 Å². The topological polar surface area (TPSA) is 0 Å². The summed E-state index contributed by atoms with van der Waals surface area (Å²) in [5.74, 6) is 0. The molecule has 2 rings (SSSR count). The molecule has 2 aromatic rings. The van der Waals surface area contributed by atoms with Crippen LogP contribution in [0.15, 0.2) is 48.5 Å². The van der Waals surface area contributed by atoms with Crippen LogP contribution in [-0.4, -0.2) is 6.66 Å². The molecule has 0 spiro atoms. The fourth-order valence-corrected chi connectivity index (χ4v) is 3.22. The lowest BCUT2D eigenvalue weighted by atomic mass is 10.4. The molecule has 0 fully saturated rings. The van der Waals surface area contributed by atoms with Gasteiger partial charge in [0.2, 0.25) is 0 Å². The lowest BCUT2D eigenvalue weighted by Crippen LogP contribution is -2.09. The maximum absolute atomic E-state index is 5.87. The van der Waals surface area contributed by atoms with Crippen LogP contribution in [0.3, 0.4) is 0 Å². The van der Waals surface area contributed by atoms with Crippen molar-refractivity contribution in [2.75, 3.05) is 6.66 Å². The highest BCUT2D eigenvalue weighted by Crippen LogP contribution is 2.29. The zero-order chi connectivity index (χ0) is 11.5. The molecule has 3 heteroatoms. The van der Waals surface area contributed by atoms with Gasteiger partial charge in [0.1, 0.15) is 0 Å². The van der Waals surface area contributed by atoms with E-state index in [2.05, 4.69) is 30.9 Å². The minimum Gasteiger partial charge on any atom is -0.0843 e. The molecule has 0 unspecified atom stereocenters. The maximum atomic E-state index is 5.87. The summed E-state index contributed by atoms with van der Waals surface area (Å²) in [6.45, 7) is 2.24. The average Bonchev–Trinajstić information content (AvgIpc) is 2.30. The van der Waals surface area contributed by atoms with E-state index in [0.29, 0.717) is 0 Å². The Morgan fingerprint density at radius 1 is 0.688 bits per heavy atom. The summed E-state index contributed by atoms with van der Waals surface area (Å²) in [5.41, 5.74) is 0. The Balaban J connectivity index is 2.28. The third-order valence-electron chi connectivity index (χ3n) is 2.43. The van der Waals surface area contributed by atoms with Crippen molar-refractivity contribution in [1.29, 1.82) is 0 Å². The third kappa shape index (κ3) is 2.77. The van der Waals surface area contributed by atoms with Crippen LogP contribution in [-0.2, 0) is 0 Å². The summed E-state index contributed by atoms with van der Waals surface area (Å²) >= 11 is 11.7. The van der Waals surface area contributed by atoms with Crippen LogP contribution in [0.5, 0.6) is 0 Å². The fraction of sp³-hybridized carbons (Fsp3) is 0.0769. The number of rotatable bonds is 2. The van der Waals surface area contributed by atoms with Gasteiger partial charge >= 0.3 is 0 Å². The molecule has 82 valence electrons. The Hall–Kier alpha value is -0.550. The molecule has 0 aliphatic carbocycles. The van der Waals surface area contributed by atoms with Crippen molar-refractivity contribution in [1.82, 2.24) is 0 Å². The van der Waals surface area contributed by atoms with E-state index in [0.717, 1.165) is 10.0 Å². The van der Waals surface area contributed by atoms with E-state index in [1.807, 2.05) is 24.3 Å². The molecule has 0 aliphatic rings. The lowest BCUT2D eigenvalue weighted by molar-refractivity contribution is 1.74. The van der Waals surface area contributed by atoms with Gasteiger partial charge in [0.05, 0.1) is 0 Å². The highest BCUT2D eigenvalue weighted by atomic mass is 35.5. The van der Waals surface area contributed by atoms with E-state index < -0.39 is 0 Å². The molecule has 0 saturated carbocycles. The van der Waals surface area contributed by atoms with Crippen LogP contribution in [0.1, 0.15) is 0 Å². The molecule has 0 nitrogen and oxygen atoms in total. The van der Waals surface area contributed by atoms with Crippen molar-refractivity contribution in [2.45, 2.75) is 0 Å². The SMILES string of the molecule is CP(c1ccc(Cl)cc1)c1ccc(Cl)cc1. The van der Waals surface area contributed by atoms with Crippen LogP contribution in [0, 0.1) is 0 Å². The molecule has 0 radical (unpaired) electrons. The second-order valence-corrected chi connectivity index (χ2v) is 6.54. The molecule has 0 amide bonds. The van der Waals surface area contributed by atoms with E-state index in [1.165, 1.54) is 10.6 Å². The van der Waals surface area contributed by atoms with Crippen molar-refractivity contribution >= 4 is 41.7 Å². The fourth-order valence-electron chi connectivity index (χ4n) is 1.48. The Kier molecular flexibility index (Phi) is 3.86. The average molecular weight is 269 g/mol. The number of hydrogen-bond donors (Lipinski definition) is 0. The smallest absolute Gasteiger partial charge is 0.0406 e. The Morgan fingerprint density at radius 2 is 1.00 bits per heavy atom. The quantitative estimate of drug-likeness (QED) is 0.721. The summed E-state index contributed by atoms with van der Waals surface area (Å²) in [7, 11) is -0.313. The molecule has 0 atom stereocenters. The Bertz CT molecular complexity index is 417. The summed E-state index contributed by atoms with van der Waals surface area (Å²) in [5, 5.41) is 4.20. The first kappa shape index (κ1) is 11.9. The molecule has 2 aromatic carbocycles. The van der Waals surface area contributed by atoms with E-state index in [9.17, 15) is 0 Å². The first-order chi connectivity index (χ1) is 7.66. The van der Waals surface area contributed by atoms with Crippen LogP contribution >= 0.6 is 31.1 Å². The summed E-state index contributed by atoms with van der Waals surface area (Å²) in [4.78, 5) is 0. The molecule has 0 aliphatic heterocycles. The number of halogens is 2. The number of benzene rings is 2. The highest BCUT2D eigenvalue weighted by Gasteiger charge is 2.07. The van der Waals surface area contributed by atoms with Crippen LogP contribution < -0.4 is 10.6 Å². The Labute approximate surface area is 107 Å². The van der Waals surface area contributed by atoms with Crippen LogP contribution in [0.25, 0.3) is 0 Å². The minimum atomic E-state index is -0.313. The molecular formula is C13H11Cl2P. The maximum Gasteiger partial charge on any atom is 0.0406 e. The minimum absolute atomic E-state index is 0.313. The van der Waals surface area contributed by atoms with Crippen molar-refractivity contribution in [3.05, 3.63) is 58.6 Å². The van der Waals surface area contributed by atoms with Gasteiger partial charge < -0.3 is 0 Å². The molecule has 0 bridgehead atoms. The monoisotopic (exact) mass is 268 g/mol. The lowest BCUT2D eigenvalue weighted by Gasteiger charge is -2.12. The molecule has 0 aromatic heterocycles. The predicted octanol–water partition coefficient (Wildman–Crippen LogP) is 4.06. The summed E-state index contributed by atoms with van der Waals surface area (Å²) < 4.78 is 0. The Morgan fingerprint density at radius 3 is 1.31 bits per heavy atom. The van der Waals surface area contributed by atoms with Gasteiger partial charge in [0.25, 0.3) is 0 Å². The van der Waals surface area contributed by atoms with E-state index in [-0.39, 0.29) is 7.92 Å². The summed E-state index contributed by atoms with van der Waals surface area (Å²) in [6, 6.07) is 16.1. The largest absolute Gasteiger partial charge is 0.0843 e. The van der Waals surface area contributed by atoms with Crippen molar-refractivity contribution < 1.29 is 0 Å². The summed E-state index contributed by atoms with van der Waals surface area (Å²) in [6.07, 6.45) is 0. The van der Waals surface area contributed by atoms with Crippen LogP contribution in [0.4, 0.5) is 0 Å². The predicted molar refractivity (Wildman–Crippen MR) is 75.0 cm³/mol. The van der Waals surface area contributed by atoms with Gasteiger partial charge in [0, 0.05) is 10.0 Å². The number of hydrogen-bond acceptors (Lipinski definition) is 0. The first-order valence-corrected chi connectivity index (χ1v) is 7.46. The van der Waals surface area contributed by atoms with Gasteiger partial charge in [-0.25, -0.2) is 0 Å².